The Hall–Kier alpha value is -1.68. The topological polar surface area (TPSA) is 42.7 Å². The van der Waals surface area contributed by atoms with Gasteiger partial charge < -0.3 is 5.32 Å². The predicted octanol–water partition coefficient (Wildman–Crippen LogP) is 2.02. The Labute approximate surface area is 108 Å². The summed E-state index contributed by atoms with van der Waals surface area (Å²) in [4.78, 5) is 4.27. The van der Waals surface area contributed by atoms with Crippen LogP contribution < -0.4 is 5.32 Å². The Morgan fingerprint density at radius 3 is 2.83 bits per heavy atom. The molecule has 1 aromatic carbocycles. The van der Waals surface area contributed by atoms with Crippen molar-refractivity contribution >= 4 is 0 Å². The molecule has 0 aliphatic rings. The fraction of sp³-hybridized carbons (Fsp3) is 0.429. The first-order valence-corrected chi connectivity index (χ1v) is 6.51. The first-order chi connectivity index (χ1) is 8.90. The van der Waals surface area contributed by atoms with Gasteiger partial charge in [0.2, 0.25) is 0 Å². The maximum absolute atomic E-state index is 4.27. The fourth-order valence-corrected chi connectivity index (χ4v) is 1.90. The van der Waals surface area contributed by atoms with Crippen molar-refractivity contribution < 1.29 is 0 Å². The van der Waals surface area contributed by atoms with E-state index in [4.69, 9.17) is 0 Å². The van der Waals surface area contributed by atoms with Crippen LogP contribution in [0.25, 0.3) is 0 Å². The van der Waals surface area contributed by atoms with Gasteiger partial charge in [0.15, 0.2) is 0 Å². The predicted molar refractivity (Wildman–Crippen MR) is 72.2 cm³/mol. The van der Waals surface area contributed by atoms with Crippen LogP contribution in [-0.4, -0.2) is 21.3 Å². The molecular weight excluding hydrogens is 224 g/mol. The number of rotatable bonds is 7. The zero-order chi connectivity index (χ0) is 12.6. The molecule has 0 fully saturated rings. The summed E-state index contributed by atoms with van der Waals surface area (Å²) in [6.45, 7) is 4.83. The average molecular weight is 244 g/mol. The number of aryl methyl sites for hydroxylation is 1. The highest BCUT2D eigenvalue weighted by Gasteiger charge is 2.02. The molecule has 0 radical (unpaired) electrons. The summed E-state index contributed by atoms with van der Waals surface area (Å²) in [5.74, 6) is 1.02. The minimum absolute atomic E-state index is 0.785. The summed E-state index contributed by atoms with van der Waals surface area (Å²) < 4.78 is 1.97. The largest absolute Gasteiger partial charge is 0.310 e. The van der Waals surface area contributed by atoms with E-state index in [1.165, 1.54) is 5.56 Å². The maximum atomic E-state index is 4.27. The van der Waals surface area contributed by atoms with Crippen LogP contribution in [0.15, 0.2) is 36.7 Å². The molecule has 2 aromatic rings. The summed E-state index contributed by atoms with van der Waals surface area (Å²) in [5, 5.41) is 7.62. The third-order valence-electron chi connectivity index (χ3n) is 2.85. The Morgan fingerprint density at radius 2 is 2.06 bits per heavy atom. The van der Waals surface area contributed by atoms with E-state index in [2.05, 4.69) is 46.6 Å². The highest BCUT2D eigenvalue weighted by Crippen LogP contribution is 1.99. The average Bonchev–Trinajstić information content (AvgIpc) is 2.84. The zero-order valence-electron chi connectivity index (χ0n) is 10.8. The summed E-state index contributed by atoms with van der Waals surface area (Å²) in [6, 6.07) is 10.5. The smallest absolute Gasteiger partial charge is 0.140 e. The quantitative estimate of drug-likeness (QED) is 0.758. The number of nitrogens with zero attached hydrogens (tertiary/aromatic N) is 3. The summed E-state index contributed by atoms with van der Waals surface area (Å²) in [6.07, 6.45) is 3.76. The van der Waals surface area contributed by atoms with Gasteiger partial charge in [0.25, 0.3) is 0 Å². The summed E-state index contributed by atoms with van der Waals surface area (Å²) >= 11 is 0. The first-order valence-electron chi connectivity index (χ1n) is 6.51. The lowest BCUT2D eigenvalue weighted by Gasteiger charge is -2.06. The molecule has 0 unspecified atom stereocenters. The molecule has 0 saturated carbocycles. The van der Waals surface area contributed by atoms with E-state index >= 15 is 0 Å². The van der Waals surface area contributed by atoms with Crippen molar-refractivity contribution in [3.63, 3.8) is 0 Å². The third-order valence-corrected chi connectivity index (χ3v) is 2.85. The van der Waals surface area contributed by atoms with Crippen LogP contribution in [0, 0.1) is 0 Å². The molecule has 4 heteroatoms. The van der Waals surface area contributed by atoms with Crippen molar-refractivity contribution in [1.82, 2.24) is 20.1 Å². The molecule has 1 heterocycles. The molecule has 0 aliphatic heterocycles. The molecular formula is C14H20N4. The highest BCUT2D eigenvalue weighted by atomic mass is 15.3. The molecule has 0 saturated heterocycles. The molecule has 1 N–H and O–H groups in total. The molecule has 0 bridgehead atoms. The molecule has 1 aromatic heterocycles. The number of hydrogen-bond acceptors (Lipinski definition) is 3. The van der Waals surface area contributed by atoms with E-state index in [0.29, 0.717) is 0 Å². The van der Waals surface area contributed by atoms with Crippen LogP contribution in [0.4, 0.5) is 0 Å². The van der Waals surface area contributed by atoms with E-state index in [9.17, 15) is 0 Å². The monoisotopic (exact) mass is 244 g/mol. The van der Waals surface area contributed by atoms with E-state index in [-0.39, 0.29) is 0 Å². The lowest BCUT2D eigenvalue weighted by atomic mass is 10.1. The van der Waals surface area contributed by atoms with Gasteiger partial charge in [-0.25, -0.2) is 9.67 Å². The van der Waals surface area contributed by atoms with Crippen LogP contribution in [0.2, 0.25) is 0 Å². The second-order valence-corrected chi connectivity index (χ2v) is 4.31. The van der Waals surface area contributed by atoms with Crippen LogP contribution in [0.5, 0.6) is 0 Å². The molecule has 0 aliphatic carbocycles. The van der Waals surface area contributed by atoms with Crippen LogP contribution in [0.3, 0.4) is 0 Å². The van der Waals surface area contributed by atoms with Gasteiger partial charge in [-0.3, -0.25) is 0 Å². The highest BCUT2D eigenvalue weighted by molar-refractivity contribution is 5.14. The Morgan fingerprint density at radius 1 is 1.22 bits per heavy atom. The van der Waals surface area contributed by atoms with Gasteiger partial charge in [0.05, 0.1) is 6.54 Å². The van der Waals surface area contributed by atoms with E-state index in [1.807, 2.05) is 10.7 Å². The minimum atomic E-state index is 0.785. The molecule has 2 rings (SSSR count). The molecule has 0 amide bonds. The number of hydrogen-bond donors (Lipinski definition) is 1. The lowest BCUT2D eigenvalue weighted by Crippen LogP contribution is -2.20. The number of benzene rings is 1. The van der Waals surface area contributed by atoms with Gasteiger partial charge in [-0.2, -0.15) is 5.10 Å². The van der Waals surface area contributed by atoms with E-state index < -0.39 is 0 Å². The first kappa shape index (κ1) is 12.8. The Balaban J connectivity index is 1.73. The third kappa shape index (κ3) is 3.67. The van der Waals surface area contributed by atoms with Gasteiger partial charge in [0.1, 0.15) is 12.2 Å². The van der Waals surface area contributed by atoms with Gasteiger partial charge in [-0.05, 0) is 24.9 Å². The van der Waals surface area contributed by atoms with E-state index in [0.717, 1.165) is 38.3 Å². The van der Waals surface area contributed by atoms with Gasteiger partial charge >= 0.3 is 0 Å². The van der Waals surface area contributed by atoms with Crippen molar-refractivity contribution in [3.05, 3.63) is 48.0 Å². The molecule has 18 heavy (non-hydrogen) atoms. The molecule has 0 spiro atoms. The SMILES string of the molecule is CCCn1ncnc1CNCCc1ccccc1. The van der Waals surface area contributed by atoms with Gasteiger partial charge in [0, 0.05) is 6.54 Å². The number of aromatic nitrogens is 3. The second kappa shape index (κ2) is 6.91. The van der Waals surface area contributed by atoms with Gasteiger partial charge in [-0.1, -0.05) is 37.3 Å². The molecule has 4 nitrogen and oxygen atoms in total. The fourth-order valence-electron chi connectivity index (χ4n) is 1.90. The summed E-state index contributed by atoms with van der Waals surface area (Å²) in [5.41, 5.74) is 1.36. The van der Waals surface area contributed by atoms with E-state index in [1.54, 1.807) is 6.33 Å². The molecule has 0 atom stereocenters. The van der Waals surface area contributed by atoms with Crippen molar-refractivity contribution in [2.45, 2.75) is 32.9 Å². The zero-order valence-corrected chi connectivity index (χ0v) is 10.8. The normalized spacial score (nSPS) is 10.7. The Bertz CT molecular complexity index is 450. The van der Waals surface area contributed by atoms with Crippen LogP contribution >= 0.6 is 0 Å². The van der Waals surface area contributed by atoms with Crippen molar-refractivity contribution in [3.8, 4) is 0 Å². The van der Waals surface area contributed by atoms with Crippen molar-refractivity contribution in [2.24, 2.45) is 0 Å². The van der Waals surface area contributed by atoms with Crippen LogP contribution in [0.1, 0.15) is 24.7 Å². The van der Waals surface area contributed by atoms with Crippen LogP contribution in [-0.2, 0) is 19.5 Å². The van der Waals surface area contributed by atoms with Gasteiger partial charge in [-0.15, -0.1) is 0 Å². The standard InChI is InChI=1S/C14H20N4/c1-2-10-18-14(16-12-17-18)11-15-9-8-13-6-4-3-5-7-13/h3-7,12,15H,2,8-11H2,1H3. The second-order valence-electron chi connectivity index (χ2n) is 4.31. The lowest BCUT2D eigenvalue weighted by molar-refractivity contribution is 0.543. The van der Waals surface area contributed by atoms with Crippen molar-refractivity contribution in [2.75, 3.05) is 6.54 Å². The molecule has 96 valence electrons. The van der Waals surface area contributed by atoms with Crippen molar-refractivity contribution in [1.29, 1.82) is 0 Å². The Kier molecular flexibility index (Phi) is 4.90. The summed E-state index contributed by atoms with van der Waals surface area (Å²) in [7, 11) is 0. The minimum Gasteiger partial charge on any atom is -0.310 e. The number of nitrogens with one attached hydrogen (secondary N) is 1. The maximum Gasteiger partial charge on any atom is 0.140 e.